The number of rotatable bonds is 3. The molecule has 0 N–H and O–H groups in total. The topological polar surface area (TPSA) is 47.3 Å². The quantitative estimate of drug-likeness (QED) is 0.721. The van der Waals surface area contributed by atoms with Crippen LogP contribution in [-0.4, -0.2) is 5.78 Å². The first-order chi connectivity index (χ1) is 9.22. The van der Waals surface area contributed by atoms with E-state index in [9.17, 15) is 9.59 Å². The molecule has 0 fully saturated rings. The molecule has 0 saturated carbocycles. The van der Waals surface area contributed by atoms with Crippen molar-refractivity contribution in [1.29, 1.82) is 0 Å². The lowest BCUT2D eigenvalue weighted by molar-refractivity contribution is 0.104. The molecule has 3 heteroatoms. The molecule has 0 amide bonds. The number of fused-ring (bicyclic) bond motifs is 3. The van der Waals surface area contributed by atoms with Crippen LogP contribution >= 0.6 is 0 Å². The fraction of sp³-hybridized carbons (Fsp3) is 0.250. The molecule has 0 saturated heterocycles. The number of unbranched alkanes of at least 4 members (excludes halogenated alkanes) is 1. The maximum atomic E-state index is 12.4. The van der Waals surface area contributed by atoms with Gasteiger partial charge in [-0.25, -0.2) is 4.79 Å². The minimum Gasteiger partial charge on any atom is -0.427 e. The van der Waals surface area contributed by atoms with Crippen molar-refractivity contribution < 1.29 is 9.21 Å². The highest BCUT2D eigenvalue weighted by molar-refractivity contribution is 6.22. The van der Waals surface area contributed by atoms with Crippen LogP contribution in [0.3, 0.4) is 0 Å². The van der Waals surface area contributed by atoms with Crippen molar-refractivity contribution in [3.63, 3.8) is 0 Å². The van der Waals surface area contributed by atoms with Gasteiger partial charge in [0.1, 0.15) is 5.76 Å². The Bertz CT molecular complexity index is 710. The average molecular weight is 254 g/mol. The number of hydrogen-bond donors (Lipinski definition) is 0. The van der Waals surface area contributed by atoms with Crippen molar-refractivity contribution in [2.75, 3.05) is 0 Å². The number of benzene rings is 1. The van der Waals surface area contributed by atoms with Gasteiger partial charge in [-0.1, -0.05) is 37.6 Å². The molecular formula is C16H14O3. The summed E-state index contributed by atoms with van der Waals surface area (Å²) in [5.74, 6) is 0.506. The number of hydrogen-bond acceptors (Lipinski definition) is 3. The van der Waals surface area contributed by atoms with Crippen LogP contribution in [-0.2, 0) is 6.42 Å². The van der Waals surface area contributed by atoms with Crippen molar-refractivity contribution >= 4 is 5.78 Å². The summed E-state index contributed by atoms with van der Waals surface area (Å²) in [6, 6.07) is 8.81. The maximum Gasteiger partial charge on any atom is 0.336 e. The molecular weight excluding hydrogens is 240 g/mol. The van der Waals surface area contributed by atoms with Crippen LogP contribution in [0.25, 0.3) is 11.1 Å². The van der Waals surface area contributed by atoms with Gasteiger partial charge in [0.05, 0.1) is 5.56 Å². The van der Waals surface area contributed by atoms with Gasteiger partial charge in [0, 0.05) is 23.6 Å². The Labute approximate surface area is 110 Å². The van der Waals surface area contributed by atoms with E-state index in [4.69, 9.17) is 4.42 Å². The molecule has 0 bridgehead atoms. The van der Waals surface area contributed by atoms with Gasteiger partial charge >= 0.3 is 5.63 Å². The van der Waals surface area contributed by atoms with E-state index < -0.39 is 0 Å². The lowest BCUT2D eigenvalue weighted by Crippen LogP contribution is -2.07. The van der Waals surface area contributed by atoms with Gasteiger partial charge in [-0.2, -0.15) is 0 Å². The number of aryl methyl sites for hydroxylation is 1. The van der Waals surface area contributed by atoms with E-state index in [1.807, 2.05) is 18.2 Å². The molecule has 0 unspecified atom stereocenters. The first-order valence-corrected chi connectivity index (χ1v) is 6.53. The number of carbonyl (C=O) groups is 1. The molecule has 0 spiro atoms. The molecule has 1 aromatic carbocycles. The molecule has 1 aliphatic rings. The average Bonchev–Trinajstić information content (AvgIpc) is 2.70. The highest BCUT2D eigenvalue weighted by Gasteiger charge is 2.30. The smallest absolute Gasteiger partial charge is 0.336 e. The van der Waals surface area contributed by atoms with E-state index >= 15 is 0 Å². The second-order valence-corrected chi connectivity index (χ2v) is 4.76. The molecule has 0 aliphatic heterocycles. The molecule has 3 rings (SSSR count). The van der Waals surface area contributed by atoms with Gasteiger partial charge in [-0.3, -0.25) is 4.79 Å². The van der Waals surface area contributed by atoms with E-state index in [0.717, 1.165) is 24.0 Å². The van der Waals surface area contributed by atoms with Crippen LogP contribution in [0.4, 0.5) is 0 Å². The zero-order valence-corrected chi connectivity index (χ0v) is 10.7. The minimum absolute atomic E-state index is 0.0274. The Morgan fingerprint density at radius 1 is 1.05 bits per heavy atom. The summed E-state index contributed by atoms with van der Waals surface area (Å²) in [5.41, 5.74) is 2.43. The predicted octanol–water partition coefficient (Wildman–Crippen LogP) is 3.19. The van der Waals surface area contributed by atoms with Gasteiger partial charge in [0.15, 0.2) is 5.78 Å². The fourth-order valence-electron chi connectivity index (χ4n) is 2.57. The first-order valence-electron chi connectivity index (χ1n) is 6.53. The molecule has 19 heavy (non-hydrogen) atoms. The second kappa shape index (κ2) is 4.50. The van der Waals surface area contributed by atoms with Gasteiger partial charge in [0.25, 0.3) is 0 Å². The molecule has 1 heterocycles. The second-order valence-electron chi connectivity index (χ2n) is 4.76. The highest BCUT2D eigenvalue weighted by atomic mass is 16.4. The molecule has 1 aliphatic carbocycles. The van der Waals surface area contributed by atoms with Gasteiger partial charge < -0.3 is 4.42 Å². The maximum absolute atomic E-state index is 12.4. The Morgan fingerprint density at radius 3 is 2.53 bits per heavy atom. The standard InChI is InChI=1S/C16H14O3/c1-2-3-8-13-15-12(9-14(17)19-13)10-6-4-5-7-11(10)16(15)18/h4-7,9H,2-3,8H2,1H3. The van der Waals surface area contributed by atoms with Crippen LogP contribution in [0, 0.1) is 0 Å². The predicted molar refractivity (Wildman–Crippen MR) is 72.5 cm³/mol. The summed E-state index contributed by atoms with van der Waals surface area (Å²) >= 11 is 0. The van der Waals surface area contributed by atoms with Crippen LogP contribution in [0.2, 0.25) is 0 Å². The van der Waals surface area contributed by atoms with E-state index in [1.54, 1.807) is 6.07 Å². The summed E-state index contributed by atoms with van der Waals surface area (Å²) in [4.78, 5) is 24.1. The third-order valence-electron chi connectivity index (χ3n) is 3.48. The van der Waals surface area contributed by atoms with Crippen LogP contribution < -0.4 is 5.63 Å². The first kappa shape index (κ1) is 11.9. The van der Waals surface area contributed by atoms with E-state index in [0.29, 0.717) is 23.3 Å². The van der Waals surface area contributed by atoms with Gasteiger partial charge in [-0.15, -0.1) is 0 Å². The Kier molecular flexibility index (Phi) is 2.82. The SMILES string of the molecule is CCCCc1oc(=O)cc2c1C(=O)c1ccccc1-2. The normalized spacial score (nSPS) is 12.4. The molecule has 2 aromatic rings. The Balaban J connectivity index is 2.23. The van der Waals surface area contributed by atoms with E-state index in [1.165, 1.54) is 6.07 Å². The fourth-order valence-corrected chi connectivity index (χ4v) is 2.57. The largest absolute Gasteiger partial charge is 0.427 e. The van der Waals surface area contributed by atoms with Gasteiger partial charge in [-0.05, 0) is 12.0 Å². The summed E-state index contributed by atoms with van der Waals surface area (Å²) < 4.78 is 5.25. The van der Waals surface area contributed by atoms with Crippen LogP contribution in [0.5, 0.6) is 0 Å². The highest BCUT2D eigenvalue weighted by Crippen LogP contribution is 2.37. The van der Waals surface area contributed by atoms with E-state index in [2.05, 4.69) is 6.92 Å². The van der Waals surface area contributed by atoms with Crippen molar-refractivity contribution in [1.82, 2.24) is 0 Å². The Morgan fingerprint density at radius 2 is 1.79 bits per heavy atom. The zero-order chi connectivity index (χ0) is 13.4. The molecule has 0 radical (unpaired) electrons. The lowest BCUT2D eigenvalue weighted by Gasteiger charge is -2.04. The molecule has 3 nitrogen and oxygen atoms in total. The summed E-state index contributed by atoms with van der Waals surface area (Å²) in [6.07, 6.45) is 2.53. The third-order valence-corrected chi connectivity index (χ3v) is 3.48. The third kappa shape index (κ3) is 1.82. The van der Waals surface area contributed by atoms with Crippen molar-refractivity contribution in [3.05, 3.63) is 57.6 Å². The van der Waals surface area contributed by atoms with Crippen LogP contribution in [0.15, 0.2) is 39.5 Å². The van der Waals surface area contributed by atoms with Crippen molar-refractivity contribution in [3.8, 4) is 11.1 Å². The molecule has 96 valence electrons. The number of ketones is 1. The summed E-state index contributed by atoms with van der Waals surface area (Å²) in [7, 11) is 0. The molecule has 1 aromatic heterocycles. The monoisotopic (exact) mass is 254 g/mol. The van der Waals surface area contributed by atoms with Gasteiger partial charge in [0.2, 0.25) is 0 Å². The van der Waals surface area contributed by atoms with Crippen LogP contribution in [0.1, 0.15) is 41.4 Å². The van der Waals surface area contributed by atoms with E-state index in [-0.39, 0.29) is 11.4 Å². The summed E-state index contributed by atoms with van der Waals surface area (Å²) in [6.45, 7) is 2.07. The van der Waals surface area contributed by atoms with Crippen molar-refractivity contribution in [2.45, 2.75) is 26.2 Å². The molecule has 0 atom stereocenters. The number of carbonyl (C=O) groups excluding carboxylic acids is 1. The summed E-state index contributed by atoms with van der Waals surface area (Å²) in [5, 5.41) is 0. The minimum atomic E-state index is -0.380. The Hall–Kier alpha value is -2.16. The van der Waals surface area contributed by atoms with Crippen molar-refractivity contribution in [2.24, 2.45) is 0 Å². The zero-order valence-electron chi connectivity index (χ0n) is 10.7. The lowest BCUT2D eigenvalue weighted by atomic mass is 10.0.